The van der Waals surface area contributed by atoms with E-state index < -0.39 is 0 Å². The highest BCUT2D eigenvalue weighted by molar-refractivity contribution is 8.77. The normalized spacial score (nSPS) is 38.2. The van der Waals surface area contributed by atoms with Gasteiger partial charge < -0.3 is 11.5 Å². The third kappa shape index (κ3) is 3.23. The molecule has 0 amide bonds. The summed E-state index contributed by atoms with van der Waals surface area (Å²) >= 11 is 0. The summed E-state index contributed by atoms with van der Waals surface area (Å²) in [5.41, 5.74) is 12.0. The average molecular weight is 192 g/mol. The van der Waals surface area contributed by atoms with Crippen LogP contribution in [0.5, 0.6) is 0 Å². The van der Waals surface area contributed by atoms with E-state index in [1.54, 1.807) is 21.6 Å². The lowest BCUT2D eigenvalue weighted by Gasteiger charge is -2.24. The molecule has 0 saturated carbocycles. The summed E-state index contributed by atoms with van der Waals surface area (Å²) in [7, 11) is 3.44. The highest BCUT2D eigenvalue weighted by Gasteiger charge is 2.28. The second kappa shape index (κ2) is 3.56. The zero-order valence-corrected chi connectivity index (χ0v) is 8.67. The van der Waals surface area contributed by atoms with Gasteiger partial charge in [-0.05, 0) is 18.3 Å². The molecule has 66 valence electrons. The van der Waals surface area contributed by atoms with Crippen LogP contribution < -0.4 is 11.5 Å². The third-order valence-electron chi connectivity index (χ3n) is 1.81. The van der Waals surface area contributed by atoms with Gasteiger partial charge in [0.2, 0.25) is 0 Å². The van der Waals surface area contributed by atoms with Gasteiger partial charge in [0.1, 0.15) is 0 Å². The Morgan fingerprint density at radius 3 is 1.82 bits per heavy atom. The van der Waals surface area contributed by atoms with Gasteiger partial charge in [-0.2, -0.15) is 0 Å². The van der Waals surface area contributed by atoms with Crippen molar-refractivity contribution in [2.24, 2.45) is 16.9 Å². The fourth-order valence-corrected chi connectivity index (χ4v) is 3.97. The van der Waals surface area contributed by atoms with Crippen LogP contribution in [0.3, 0.4) is 0 Å². The van der Waals surface area contributed by atoms with Crippen molar-refractivity contribution in [2.45, 2.75) is 37.4 Å². The Kier molecular flexibility index (Phi) is 3.14. The molecule has 1 aliphatic heterocycles. The van der Waals surface area contributed by atoms with Gasteiger partial charge in [0.05, 0.1) is 10.7 Å². The van der Waals surface area contributed by atoms with Crippen LogP contribution in [0, 0.1) is 5.41 Å². The van der Waals surface area contributed by atoms with E-state index in [0.717, 1.165) is 12.8 Å². The average Bonchev–Trinajstić information content (AvgIpc) is 1.89. The summed E-state index contributed by atoms with van der Waals surface area (Å²) in [4.78, 5) is 0. The van der Waals surface area contributed by atoms with Gasteiger partial charge in [0.15, 0.2) is 0 Å². The number of rotatable bonds is 0. The molecule has 1 aliphatic rings. The molecule has 4 heteroatoms. The first kappa shape index (κ1) is 9.71. The fourth-order valence-electron chi connectivity index (χ4n) is 1.38. The van der Waals surface area contributed by atoms with E-state index in [9.17, 15) is 0 Å². The molecule has 11 heavy (non-hydrogen) atoms. The molecule has 0 bridgehead atoms. The lowest BCUT2D eigenvalue weighted by molar-refractivity contribution is 0.306. The summed E-state index contributed by atoms with van der Waals surface area (Å²) in [6.45, 7) is 4.47. The van der Waals surface area contributed by atoms with E-state index in [4.69, 9.17) is 11.5 Å². The Labute approximate surface area is 76.2 Å². The monoisotopic (exact) mass is 192 g/mol. The quantitative estimate of drug-likeness (QED) is 0.574. The van der Waals surface area contributed by atoms with Crippen LogP contribution in [0.15, 0.2) is 0 Å². The van der Waals surface area contributed by atoms with Crippen molar-refractivity contribution in [1.29, 1.82) is 0 Å². The van der Waals surface area contributed by atoms with Gasteiger partial charge in [0.25, 0.3) is 0 Å². The van der Waals surface area contributed by atoms with Crippen LogP contribution in [-0.2, 0) is 0 Å². The fraction of sp³-hybridized carbons (Fsp3) is 1.00. The molecule has 2 nitrogen and oxygen atoms in total. The molecule has 4 N–H and O–H groups in total. The van der Waals surface area contributed by atoms with Crippen LogP contribution in [-0.4, -0.2) is 10.7 Å². The molecule has 0 aliphatic carbocycles. The predicted octanol–water partition coefficient (Wildman–Crippen LogP) is 1.76. The van der Waals surface area contributed by atoms with Crippen molar-refractivity contribution in [3.63, 3.8) is 0 Å². The topological polar surface area (TPSA) is 52.0 Å². The minimum atomic E-state index is 0.253. The first-order valence-corrected chi connectivity index (χ1v) is 6.10. The molecule has 2 atom stereocenters. The Bertz CT molecular complexity index is 124. The highest BCUT2D eigenvalue weighted by atomic mass is 33.1. The molecule has 0 radical (unpaired) electrons. The third-order valence-corrected chi connectivity index (χ3v) is 4.57. The van der Waals surface area contributed by atoms with Crippen LogP contribution in [0.25, 0.3) is 0 Å². The molecule has 1 heterocycles. The van der Waals surface area contributed by atoms with E-state index in [1.807, 2.05) is 0 Å². The van der Waals surface area contributed by atoms with Gasteiger partial charge in [-0.1, -0.05) is 35.4 Å². The molecule has 0 aromatic heterocycles. The maximum atomic E-state index is 5.86. The van der Waals surface area contributed by atoms with E-state index in [2.05, 4.69) is 13.8 Å². The van der Waals surface area contributed by atoms with Crippen molar-refractivity contribution in [1.82, 2.24) is 0 Å². The molecule has 1 saturated heterocycles. The zero-order chi connectivity index (χ0) is 8.48. The largest absolute Gasteiger partial charge is 0.319 e. The number of hydrogen-bond donors (Lipinski definition) is 2. The van der Waals surface area contributed by atoms with Crippen LogP contribution in [0.2, 0.25) is 0 Å². The van der Waals surface area contributed by atoms with Gasteiger partial charge >= 0.3 is 0 Å². The molecule has 1 rings (SSSR count). The first-order valence-electron chi connectivity index (χ1n) is 3.83. The molecular formula is C7H16N2S2. The molecule has 0 aromatic carbocycles. The van der Waals surface area contributed by atoms with Crippen LogP contribution >= 0.6 is 21.6 Å². The molecular weight excluding hydrogens is 176 g/mol. The van der Waals surface area contributed by atoms with E-state index in [0.29, 0.717) is 5.41 Å². The molecule has 1 fully saturated rings. The minimum absolute atomic E-state index is 0.253. The maximum Gasteiger partial charge on any atom is 0.0617 e. The Morgan fingerprint density at radius 1 is 1.09 bits per heavy atom. The van der Waals surface area contributed by atoms with Gasteiger partial charge in [0, 0.05) is 0 Å². The van der Waals surface area contributed by atoms with E-state index >= 15 is 0 Å². The summed E-state index contributed by atoms with van der Waals surface area (Å²) in [5, 5.41) is 0.507. The summed E-state index contributed by atoms with van der Waals surface area (Å²) < 4.78 is 0. The molecule has 0 spiro atoms. The second-order valence-corrected chi connectivity index (χ2v) is 6.59. The van der Waals surface area contributed by atoms with Gasteiger partial charge in [-0.3, -0.25) is 0 Å². The molecule has 0 aromatic rings. The summed E-state index contributed by atoms with van der Waals surface area (Å²) in [5.74, 6) is 0. The maximum absolute atomic E-state index is 5.86. The number of hydrogen-bond acceptors (Lipinski definition) is 4. The van der Waals surface area contributed by atoms with Gasteiger partial charge in [-0.25, -0.2) is 0 Å². The lowest BCUT2D eigenvalue weighted by atomic mass is 9.85. The van der Waals surface area contributed by atoms with Crippen molar-refractivity contribution in [2.75, 3.05) is 0 Å². The number of nitrogens with two attached hydrogens (primary N) is 2. The summed E-state index contributed by atoms with van der Waals surface area (Å²) in [6.07, 6.45) is 2.14. The second-order valence-electron chi connectivity index (χ2n) is 3.84. The van der Waals surface area contributed by atoms with E-state index in [1.165, 1.54) is 0 Å². The minimum Gasteiger partial charge on any atom is -0.319 e. The van der Waals surface area contributed by atoms with E-state index in [-0.39, 0.29) is 10.7 Å². The highest BCUT2D eigenvalue weighted by Crippen LogP contribution is 2.42. The predicted molar refractivity (Wildman–Crippen MR) is 54.1 cm³/mol. The Morgan fingerprint density at radius 2 is 1.45 bits per heavy atom. The standard InChI is InChI=1S/C7H16N2S2/c1-7(2)3-5(8)10-11-6(9)4-7/h5-6H,3-4,8-9H2,1-2H3. The summed E-state index contributed by atoms with van der Waals surface area (Å²) in [6, 6.07) is 0. The smallest absolute Gasteiger partial charge is 0.0617 e. The van der Waals surface area contributed by atoms with Crippen LogP contribution in [0.4, 0.5) is 0 Å². The Hall–Kier alpha value is 0.620. The van der Waals surface area contributed by atoms with Crippen molar-refractivity contribution in [3.05, 3.63) is 0 Å². The first-order chi connectivity index (χ1) is 4.99. The lowest BCUT2D eigenvalue weighted by Crippen LogP contribution is -2.26. The van der Waals surface area contributed by atoms with Crippen LogP contribution in [0.1, 0.15) is 26.7 Å². The van der Waals surface area contributed by atoms with Crippen molar-refractivity contribution < 1.29 is 0 Å². The molecule has 2 unspecified atom stereocenters. The van der Waals surface area contributed by atoms with Gasteiger partial charge in [-0.15, -0.1) is 0 Å². The Balaban J connectivity index is 2.55. The zero-order valence-electron chi connectivity index (χ0n) is 7.04. The SMILES string of the molecule is CC1(C)CC(N)SSC(N)C1. The van der Waals surface area contributed by atoms with Crippen molar-refractivity contribution in [3.8, 4) is 0 Å². The van der Waals surface area contributed by atoms with Crippen molar-refractivity contribution >= 4 is 21.6 Å².